The number of ether oxygens (including phenoxy) is 1. The Balaban J connectivity index is 2.33. The summed E-state index contributed by atoms with van der Waals surface area (Å²) in [4.78, 5) is 40.6. The molecule has 22 heavy (non-hydrogen) atoms. The van der Waals surface area contributed by atoms with Crippen molar-refractivity contribution in [2.75, 3.05) is 11.9 Å². The lowest BCUT2D eigenvalue weighted by Gasteiger charge is -2.08. The molecule has 0 aromatic carbocycles. The predicted molar refractivity (Wildman–Crippen MR) is 83.3 cm³/mol. The summed E-state index contributed by atoms with van der Waals surface area (Å²) < 4.78 is 6.19. The molecule has 0 saturated heterocycles. The maximum Gasteiger partial charge on any atom is 0.315 e. The highest BCUT2D eigenvalue weighted by molar-refractivity contribution is 7.15. The van der Waals surface area contributed by atoms with Crippen molar-refractivity contribution in [3.63, 3.8) is 0 Å². The van der Waals surface area contributed by atoms with Crippen molar-refractivity contribution in [2.24, 2.45) is 0 Å². The molecule has 0 aliphatic rings. The molecule has 1 N–H and O–H groups in total. The number of nitrogens with one attached hydrogen (secondary N) is 1. The van der Waals surface area contributed by atoms with Crippen molar-refractivity contribution in [1.29, 1.82) is 0 Å². The number of esters is 1. The average molecular weight is 323 g/mol. The fourth-order valence-corrected chi connectivity index (χ4v) is 3.03. The first-order valence-corrected chi connectivity index (χ1v) is 7.81. The van der Waals surface area contributed by atoms with Crippen LogP contribution in [0.15, 0.2) is 10.2 Å². The second-order valence-electron chi connectivity index (χ2n) is 4.61. The number of fused-ring (bicyclic) bond motifs is 1. The van der Waals surface area contributed by atoms with E-state index >= 15 is 0 Å². The van der Waals surface area contributed by atoms with Gasteiger partial charge in [0.15, 0.2) is 4.96 Å². The first-order chi connectivity index (χ1) is 10.5. The topological polar surface area (TPSA) is 89.8 Å². The Morgan fingerprint density at radius 2 is 2.14 bits per heavy atom. The van der Waals surface area contributed by atoms with Gasteiger partial charge in [-0.1, -0.05) is 6.92 Å². The molecule has 1 amide bonds. The van der Waals surface area contributed by atoms with Crippen LogP contribution in [0.5, 0.6) is 0 Å². The standard InChI is InChI=1S/C14H17N3O4S/c1-4-9-7-22-14-15-8(3)12(13(20)17(9)14)16-10(18)6-11(19)21-5-2/h7H,4-6H2,1-3H3,(H,16,18). The Hall–Kier alpha value is -2.22. The van der Waals surface area contributed by atoms with Crippen LogP contribution < -0.4 is 10.9 Å². The monoisotopic (exact) mass is 323 g/mol. The van der Waals surface area contributed by atoms with E-state index < -0.39 is 18.3 Å². The minimum absolute atomic E-state index is 0.0971. The number of nitrogens with zero attached hydrogens (tertiary/aromatic N) is 2. The summed E-state index contributed by atoms with van der Waals surface area (Å²) >= 11 is 1.38. The molecule has 0 bridgehead atoms. The second-order valence-corrected chi connectivity index (χ2v) is 5.44. The average Bonchev–Trinajstić information content (AvgIpc) is 2.86. The SMILES string of the molecule is CCOC(=O)CC(=O)Nc1c(C)nc2scc(CC)n2c1=O. The van der Waals surface area contributed by atoms with Crippen LogP contribution in [-0.2, 0) is 20.7 Å². The number of thiazole rings is 1. The lowest BCUT2D eigenvalue weighted by molar-refractivity contribution is -0.145. The summed E-state index contributed by atoms with van der Waals surface area (Å²) in [5.74, 6) is -1.22. The number of carbonyl (C=O) groups is 2. The molecule has 2 aromatic rings. The molecule has 0 saturated carbocycles. The fourth-order valence-electron chi connectivity index (χ4n) is 2.02. The van der Waals surface area contributed by atoms with Crippen LogP contribution in [-0.4, -0.2) is 27.9 Å². The molecule has 8 heteroatoms. The van der Waals surface area contributed by atoms with Gasteiger partial charge in [0.1, 0.15) is 12.1 Å². The van der Waals surface area contributed by atoms with E-state index in [-0.39, 0.29) is 17.9 Å². The Morgan fingerprint density at radius 3 is 2.77 bits per heavy atom. The molecular weight excluding hydrogens is 306 g/mol. The van der Waals surface area contributed by atoms with Crippen LogP contribution in [0.1, 0.15) is 31.7 Å². The number of rotatable bonds is 5. The van der Waals surface area contributed by atoms with E-state index in [1.165, 1.54) is 15.7 Å². The Kier molecular flexibility index (Phi) is 4.92. The van der Waals surface area contributed by atoms with Gasteiger partial charge in [0.05, 0.1) is 12.3 Å². The van der Waals surface area contributed by atoms with Crippen LogP contribution in [0.4, 0.5) is 5.69 Å². The van der Waals surface area contributed by atoms with Crippen LogP contribution in [0.3, 0.4) is 0 Å². The van der Waals surface area contributed by atoms with Crippen molar-refractivity contribution in [1.82, 2.24) is 9.38 Å². The van der Waals surface area contributed by atoms with Crippen LogP contribution in [0.25, 0.3) is 4.96 Å². The zero-order valence-electron chi connectivity index (χ0n) is 12.6. The highest BCUT2D eigenvalue weighted by atomic mass is 32.1. The van der Waals surface area contributed by atoms with Crippen molar-refractivity contribution in [3.05, 3.63) is 27.1 Å². The third-order valence-corrected chi connectivity index (χ3v) is 3.93. The maximum atomic E-state index is 12.5. The van der Waals surface area contributed by atoms with Gasteiger partial charge in [0, 0.05) is 11.1 Å². The highest BCUT2D eigenvalue weighted by Gasteiger charge is 2.17. The highest BCUT2D eigenvalue weighted by Crippen LogP contribution is 2.17. The first-order valence-electron chi connectivity index (χ1n) is 6.93. The van der Waals surface area contributed by atoms with Gasteiger partial charge in [0.25, 0.3) is 5.56 Å². The Morgan fingerprint density at radius 1 is 1.41 bits per heavy atom. The minimum atomic E-state index is -0.628. The van der Waals surface area contributed by atoms with Crippen molar-refractivity contribution in [2.45, 2.75) is 33.6 Å². The van der Waals surface area contributed by atoms with Gasteiger partial charge in [-0.05, 0) is 20.3 Å². The summed E-state index contributed by atoms with van der Waals surface area (Å²) in [6, 6.07) is 0. The summed E-state index contributed by atoms with van der Waals surface area (Å²) in [6.45, 7) is 5.45. The normalized spacial score (nSPS) is 10.7. The Labute approximate surface area is 130 Å². The number of aromatic nitrogens is 2. The molecule has 0 unspecified atom stereocenters. The third-order valence-electron chi connectivity index (χ3n) is 3.06. The van der Waals surface area contributed by atoms with Gasteiger partial charge in [0.2, 0.25) is 5.91 Å². The first kappa shape index (κ1) is 16.2. The Bertz CT molecular complexity index is 778. The molecule has 0 aliphatic carbocycles. The van der Waals surface area contributed by atoms with Gasteiger partial charge >= 0.3 is 5.97 Å². The fraction of sp³-hybridized carbons (Fsp3) is 0.429. The van der Waals surface area contributed by atoms with E-state index in [0.717, 1.165) is 5.69 Å². The van der Waals surface area contributed by atoms with E-state index in [9.17, 15) is 14.4 Å². The summed E-state index contributed by atoms with van der Waals surface area (Å²) in [5.41, 5.74) is 1.02. The van der Waals surface area contributed by atoms with E-state index in [4.69, 9.17) is 4.74 Å². The number of carbonyl (C=O) groups excluding carboxylic acids is 2. The van der Waals surface area contributed by atoms with Crippen LogP contribution >= 0.6 is 11.3 Å². The lowest BCUT2D eigenvalue weighted by atomic mass is 10.3. The molecule has 2 aromatic heterocycles. The minimum Gasteiger partial charge on any atom is -0.466 e. The van der Waals surface area contributed by atoms with E-state index in [2.05, 4.69) is 10.3 Å². The molecule has 2 rings (SSSR count). The second kappa shape index (κ2) is 6.69. The van der Waals surface area contributed by atoms with E-state index in [1.54, 1.807) is 13.8 Å². The van der Waals surface area contributed by atoms with Gasteiger partial charge < -0.3 is 10.1 Å². The number of amides is 1. The molecule has 0 fully saturated rings. The van der Waals surface area contributed by atoms with Crippen molar-refractivity contribution < 1.29 is 14.3 Å². The summed E-state index contributed by atoms with van der Waals surface area (Å²) in [5, 5.41) is 4.34. The molecule has 0 aliphatic heterocycles. The lowest BCUT2D eigenvalue weighted by Crippen LogP contribution is -2.26. The molecule has 0 atom stereocenters. The predicted octanol–water partition coefficient (Wildman–Crippen LogP) is 1.52. The molecule has 0 radical (unpaired) electrons. The smallest absolute Gasteiger partial charge is 0.315 e. The number of hydrogen-bond acceptors (Lipinski definition) is 6. The summed E-state index contributed by atoms with van der Waals surface area (Å²) in [7, 11) is 0. The van der Waals surface area contributed by atoms with Crippen molar-refractivity contribution in [3.8, 4) is 0 Å². The molecule has 0 spiro atoms. The maximum absolute atomic E-state index is 12.5. The van der Waals surface area contributed by atoms with E-state index in [0.29, 0.717) is 17.1 Å². The van der Waals surface area contributed by atoms with E-state index in [1.807, 2.05) is 12.3 Å². The summed E-state index contributed by atoms with van der Waals surface area (Å²) in [6.07, 6.45) is 0.251. The number of anilines is 1. The van der Waals surface area contributed by atoms with Crippen LogP contribution in [0.2, 0.25) is 0 Å². The number of hydrogen-bond donors (Lipinski definition) is 1. The van der Waals surface area contributed by atoms with Gasteiger partial charge in [-0.15, -0.1) is 11.3 Å². The molecule has 118 valence electrons. The van der Waals surface area contributed by atoms with Gasteiger partial charge in [-0.25, -0.2) is 4.98 Å². The van der Waals surface area contributed by atoms with Crippen LogP contribution in [0, 0.1) is 6.92 Å². The molecular formula is C14H17N3O4S. The van der Waals surface area contributed by atoms with Gasteiger partial charge in [-0.2, -0.15) is 0 Å². The quantitative estimate of drug-likeness (QED) is 0.665. The van der Waals surface area contributed by atoms with Crippen molar-refractivity contribution >= 4 is 33.9 Å². The van der Waals surface area contributed by atoms with Gasteiger partial charge in [-0.3, -0.25) is 18.8 Å². The zero-order chi connectivity index (χ0) is 16.3. The molecule has 2 heterocycles. The molecule has 7 nitrogen and oxygen atoms in total. The third kappa shape index (κ3) is 3.16. The number of aryl methyl sites for hydroxylation is 2. The zero-order valence-corrected chi connectivity index (χ0v) is 13.5. The largest absolute Gasteiger partial charge is 0.466 e.